The van der Waals surface area contributed by atoms with Crippen molar-refractivity contribution in [1.29, 1.82) is 0 Å². The van der Waals surface area contributed by atoms with E-state index in [0.717, 1.165) is 15.4 Å². The average molecular weight is 567 g/mol. The Balaban J connectivity index is 1.56. The Labute approximate surface area is 225 Å². The highest BCUT2D eigenvalue weighted by molar-refractivity contribution is 9.10. The molecule has 6 rings (SSSR count). The van der Waals surface area contributed by atoms with E-state index in [-0.39, 0.29) is 0 Å². The lowest BCUT2D eigenvalue weighted by atomic mass is 10.00. The van der Waals surface area contributed by atoms with E-state index in [1.807, 2.05) is 48.5 Å². The Kier molecular flexibility index (Phi) is 6.05. The first-order chi connectivity index (χ1) is 18.5. The number of para-hydroxylation sites is 1. The summed E-state index contributed by atoms with van der Waals surface area (Å²) >= 11 is 3.38. The van der Waals surface area contributed by atoms with Crippen LogP contribution in [0.5, 0.6) is 11.5 Å². The molecular formula is C31H19BrO6. The summed E-state index contributed by atoms with van der Waals surface area (Å²) in [5.41, 5.74) is 2.69. The van der Waals surface area contributed by atoms with Gasteiger partial charge >= 0.3 is 11.6 Å². The molecule has 0 radical (unpaired) electrons. The number of methoxy groups -OCH3 is 1. The molecule has 186 valence electrons. The van der Waals surface area contributed by atoms with E-state index in [4.69, 9.17) is 18.3 Å². The van der Waals surface area contributed by atoms with E-state index >= 15 is 0 Å². The molecule has 2 heterocycles. The third-order valence-electron chi connectivity index (χ3n) is 6.21. The molecule has 2 aromatic heterocycles. The Morgan fingerprint density at radius 1 is 0.789 bits per heavy atom. The molecule has 6 aromatic rings. The van der Waals surface area contributed by atoms with Crippen molar-refractivity contribution in [3.05, 3.63) is 118 Å². The second kappa shape index (κ2) is 9.68. The Morgan fingerprint density at radius 3 is 2.34 bits per heavy atom. The van der Waals surface area contributed by atoms with Crippen molar-refractivity contribution in [2.24, 2.45) is 0 Å². The highest BCUT2D eigenvalue weighted by Gasteiger charge is 2.20. The average Bonchev–Trinajstić information content (AvgIpc) is 3.38. The van der Waals surface area contributed by atoms with Gasteiger partial charge in [0.05, 0.1) is 12.7 Å². The van der Waals surface area contributed by atoms with Gasteiger partial charge in [0, 0.05) is 32.4 Å². The standard InChI is InChI=1S/C31H19BrO6/c1-35-25-9-5-8-20-14-26(37-30(20)25)24-17-29(33)36-28-15-22(18-6-3-2-4-7-18)27(16-23(24)28)38-31(34)19-10-12-21(32)13-11-19/h2-17H,1H3. The second-order valence-corrected chi connectivity index (χ2v) is 9.49. The number of fused-ring (bicyclic) bond motifs is 2. The van der Waals surface area contributed by atoms with Gasteiger partial charge in [-0.15, -0.1) is 0 Å². The first kappa shape index (κ1) is 23.8. The lowest BCUT2D eigenvalue weighted by molar-refractivity contribution is 0.0735. The summed E-state index contributed by atoms with van der Waals surface area (Å²) in [5, 5.41) is 1.38. The van der Waals surface area contributed by atoms with Crippen molar-refractivity contribution in [3.63, 3.8) is 0 Å². The topological polar surface area (TPSA) is 78.9 Å². The van der Waals surface area contributed by atoms with Crippen LogP contribution in [0.15, 0.2) is 115 Å². The quantitative estimate of drug-likeness (QED) is 0.120. The lowest BCUT2D eigenvalue weighted by Gasteiger charge is -2.13. The summed E-state index contributed by atoms with van der Waals surface area (Å²) in [6, 6.07) is 28.6. The molecule has 0 unspecified atom stereocenters. The monoisotopic (exact) mass is 566 g/mol. The van der Waals surface area contributed by atoms with Crippen LogP contribution in [-0.2, 0) is 0 Å². The van der Waals surface area contributed by atoms with Gasteiger partial charge in [0.25, 0.3) is 0 Å². The third-order valence-corrected chi connectivity index (χ3v) is 6.73. The number of carbonyl (C=O) groups is 1. The van der Waals surface area contributed by atoms with Gasteiger partial charge in [-0.1, -0.05) is 58.4 Å². The predicted octanol–water partition coefficient (Wildman–Crippen LogP) is 7.86. The molecule has 0 saturated heterocycles. The van der Waals surface area contributed by atoms with Crippen molar-refractivity contribution in [1.82, 2.24) is 0 Å². The van der Waals surface area contributed by atoms with Gasteiger partial charge in [0.2, 0.25) is 0 Å². The highest BCUT2D eigenvalue weighted by atomic mass is 79.9. The molecule has 0 spiro atoms. The van der Waals surface area contributed by atoms with Crippen molar-refractivity contribution < 1.29 is 23.1 Å². The fourth-order valence-electron chi connectivity index (χ4n) is 4.39. The van der Waals surface area contributed by atoms with E-state index in [9.17, 15) is 9.59 Å². The largest absolute Gasteiger partial charge is 0.493 e. The second-order valence-electron chi connectivity index (χ2n) is 8.58. The van der Waals surface area contributed by atoms with E-state index in [1.54, 1.807) is 49.6 Å². The minimum atomic E-state index is -0.529. The van der Waals surface area contributed by atoms with E-state index in [0.29, 0.717) is 50.5 Å². The van der Waals surface area contributed by atoms with Crippen LogP contribution >= 0.6 is 15.9 Å². The number of halogens is 1. The Hall–Kier alpha value is -4.62. The van der Waals surface area contributed by atoms with Crippen LogP contribution in [0.4, 0.5) is 0 Å². The van der Waals surface area contributed by atoms with E-state index in [1.165, 1.54) is 6.07 Å². The maximum Gasteiger partial charge on any atom is 0.343 e. The van der Waals surface area contributed by atoms with Crippen molar-refractivity contribution >= 4 is 43.8 Å². The maximum atomic E-state index is 13.1. The molecule has 0 bridgehead atoms. The van der Waals surface area contributed by atoms with Crippen molar-refractivity contribution in [2.45, 2.75) is 0 Å². The van der Waals surface area contributed by atoms with Gasteiger partial charge in [0.15, 0.2) is 11.3 Å². The fraction of sp³-hybridized carbons (Fsp3) is 0.0323. The van der Waals surface area contributed by atoms with E-state index in [2.05, 4.69) is 15.9 Å². The third kappa shape index (κ3) is 4.37. The number of carbonyl (C=O) groups excluding carboxylic acids is 1. The molecule has 0 aliphatic heterocycles. The smallest absolute Gasteiger partial charge is 0.343 e. The summed E-state index contributed by atoms with van der Waals surface area (Å²) in [4.78, 5) is 25.7. The maximum absolute atomic E-state index is 13.1. The van der Waals surface area contributed by atoms with Crippen molar-refractivity contribution in [3.8, 4) is 33.9 Å². The van der Waals surface area contributed by atoms with Crippen LogP contribution in [0.2, 0.25) is 0 Å². The molecule has 0 amide bonds. The molecule has 0 N–H and O–H groups in total. The number of rotatable bonds is 5. The number of ether oxygens (including phenoxy) is 2. The number of benzene rings is 4. The minimum Gasteiger partial charge on any atom is -0.493 e. The fourth-order valence-corrected chi connectivity index (χ4v) is 4.66. The Morgan fingerprint density at radius 2 is 1.58 bits per heavy atom. The molecule has 6 nitrogen and oxygen atoms in total. The first-order valence-corrected chi connectivity index (χ1v) is 12.5. The molecule has 7 heteroatoms. The van der Waals surface area contributed by atoms with Crippen LogP contribution in [0.1, 0.15) is 10.4 Å². The minimum absolute atomic E-state index is 0.320. The molecular weight excluding hydrogens is 548 g/mol. The molecule has 38 heavy (non-hydrogen) atoms. The van der Waals surface area contributed by atoms with Gasteiger partial charge in [-0.05, 0) is 54.1 Å². The van der Waals surface area contributed by atoms with Gasteiger partial charge in [0.1, 0.15) is 17.1 Å². The lowest BCUT2D eigenvalue weighted by Crippen LogP contribution is -2.09. The van der Waals surface area contributed by atoms with E-state index < -0.39 is 11.6 Å². The molecule has 0 atom stereocenters. The molecule has 0 fully saturated rings. The SMILES string of the molecule is COc1cccc2cc(-c3cc(=O)oc4cc(-c5ccccc5)c(OC(=O)c5ccc(Br)cc5)cc34)oc12. The normalized spacial score (nSPS) is 11.1. The van der Waals surface area contributed by atoms with Crippen LogP contribution in [0.3, 0.4) is 0 Å². The summed E-state index contributed by atoms with van der Waals surface area (Å²) in [6.45, 7) is 0. The number of furan rings is 1. The Bertz CT molecular complexity index is 1870. The zero-order valence-corrected chi connectivity index (χ0v) is 21.7. The van der Waals surface area contributed by atoms with Gasteiger partial charge < -0.3 is 18.3 Å². The summed E-state index contributed by atoms with van der Waals surface area (Å²) in [5.74, 6) is 0.846. The van der Waals surface area contributed by atoms with Crippen LogP contribution in [-0.4, -0.2) is 13.1 Å². The van der Waals surface area contributed by atoms with Crippen molar-refractivity contribution in [2.75, 3.05) is 7.11 Å². The molecule has 0 aliphatic carbocycles. The van der Waals surface area contributed by atoms with Gasteiger partial charge in [-0.3, -0.25) is 0 Å². The van der Waals surface area contributed by atoms with Gasteiger partial charge in [-0.25, -0.2) is 9.59 Å². The van der Waals surface area contributed by atoms with Crippen LogP contribution in [0.25, 0.3) is 44.4 Å². The van der Waals surface area contributed by atoms with Crippen LogP contribution < -0.4 is 15.1 Å². The van der Waals surface area contributed by atoms with Crippen LogP contribution in [0, 0.1) is 0 Å². The highest BCUT2D eigenvalue weighted by Crippen LogP contribution is 2.40. The first-order valence-electron chi connectivity index (χ1n) is 11.7. The van der Waals surface area contributed by atoms with Gasteiger partial charge in [-0.2, -0.15) is 0 Å². The number of hydrogen-bond donors (Lipinski definition) is 0. The zero-order valence-electron chi connectivity index (χ0n) is 20.1. The number of esters is 1. The zero-order chi connectivity index (χ0) is 26.2. The summed E-state index contributed by atoms with van der Waals surface area (Å²) in [6.07, 6.45) is 0. The number of hydrogen-bond acceptors (Lipinski definition) is 6. The molecule has 4 aromatic carbocycles. The predicted molar refractivity (Wildman–Crippen MR) is 149 cm³/mol. The molecule has 0 aliphatic rings. The summed E-state index contributed by atoms with van der Waals surface area (Å²) < 4.78 is 23.9. The molecule has 0 saturated carbocycles. The summed E-state index contributed by atoms with van der Waals surface area (Å²) in [7, 11) is 1.57.